The predicted octanol–water partition coefficient (Wildman–Crippen LogP) is 5.94. The minimum Gasteiger partial charge on any atom is -0.462 e. The van der Waals surface area contributed by atoms with Gasteiger partial charge < -0.3 is 9.84 Å². The van der Waals surface area contributed by atoms with Crippen LogP contribution in [0.4, 0.5) is 0 Å². The van der Waals surface area contributed by atoms with Gasteiger partial charge in [-0.25, -0.2) is 0 Å². The Kier molecular flexibility index (Phi) is 5.92. The average molecular weight is 447 g/mol. The number of esters is 1. The van der Waals surface area contributed by atoms with Gasteiger partial charge in [-0.05, 0) is 85.9 Å². The lowest BCUT2D eigenvalue weighted by atomic mass is 9.34. The molecule has 0 radical (unpaired) electrons. The average Bonchev–Trinajstić information content (AvgIpc) is 2.70. The van der Waals surface area contributed by atoms with E-state index in [1.165, 1.54) is 45.4 Å². The van der Waals surface area contributed by atoms with E-state index in [0.717, 1.165) is 6.42 Å². The number of hydrogen-bond donors (Lipinski definition) is 1. The molecule has 0 saturated heterocycles. The number of Topliss-reactive ketones (excluding diaryl/α,β-unsaturated/α-hetero) is 1. The van der Waals surface area contributed by atoms with E-state index in [0.29, 0.717) is 30.1 Å². The standard InChI is InChI=1S/C28H46O4/c1-8-25(4)11-9-12-26(5)21(25)10-13-27(6)22-14-20(31)19(17(2)29)16-28(22,7)24(15-23(26)27)32-18(3)30/h19-24,31H,8-16H2,1-7H3/t19-,20+,21+,22+,23-,24+,25+,26+,27+,28-/m1/s1. The number of ether oxygens (including phenoxy) is 1. The molecule has 1 N–H and O–H groups in total. The quantitative estimate of drug-likeness (QED) is 0.545. The first-order chi connectivity index (χ1) is 14.8. The van der Waals surface area contributed by atoms with Crippen LogP contribution in [-0.2, 0) is 14.3 Å². The summed E-state index contributed by atoms with van der Waals surface area (Å²) in [5.41, 5.74) is 0.458. The predicted molar refractivity (Wildman–Crippen MR) is 126 cm³/mol. The summed E-state index contributed by atoms with van der Waals surface area (Å²) in [4.78, 5) is 24.6. The van der Waals surface area contributed by atoms with E-state index in [2.05, 4.69) is 34.6 Å². The highest BCUT2D eigenvalue weighted by molar-refractivity contribution is 5.79. The number of fused-ring (bicyclic) bond motifs is 5. The first-order valence-corrected chi connectivity index (χ1v) is 13.2. The van der Waals surface area contributed by atoms with Crippen molar-refractivity contribution in [2.75, 3.05) is 0 Å². The summed E-state index contributed by atoms with van der Waals surface area (Å²) < 4.78 is 6.09. The van der Waals surface area contributed by atoms with E-state index in [4.69, 9.17) is 4.74 Å². The van der Waals surface area contributed by atoms with Crippen molar-refractivity contribution in [3.63, 3.8) is 0 Å². The molecule has 4 saturated carbocycles. The molecule has 0 aromatic heterocycles. The monoisotopic (exact) mass is 446 g/mol. The Bertz CT molecular complexity index is 777. The Morgan fingerprint density at radius 3 is 2.12 bits per heavy atom. The zero-order valence-corrected chi connectivity index (χ0v) is 21.5. The van der Waals surface area contributed by atoms with E-state index < -0.39 is 6.10 Å². The summed E-state index contributed by atoms with van der Waals surface area (Å²) in [5, 5.41) is 11.1. The van der Waals surface area contributed by atoms with E-state index in [-0.39, 0.29) is 45.9 Å². The molecule has 4 heteroatoms. The third-order valence-corrected chi connectivity index (χ3v) is 11.7. The van der Waals surface area contributed by atoms with Crippen molar-refractivity contribution in [1.29, 1.82) is 0 Å². The van der Waals surface area contributed by atoms with Crippen LogP contribution in [0.25, 0.3) is 0 Å². The van der Waals surface area contributed by atoms with Crippen molar-refractivity contribution in [2.24, 2.45) is 45.3 Å². The molecule has 0 heterocycles. The Hall–Kier alpha value is -0.900. The Morgan fingerprint density at radius 2 is 1.53 bits per heavy atom. The van der Waals surface area contributed by atoms with Crippen LogP contribution in [0.2, 0.25) is 0 Å². The molecule has 0 aromatic rings. The van der Waals surface area contributed by atoms with Crippen LogP contribution in [0.1, 0.15) is 106 Å². The second kappa shape index (κ2) is 7.82. The van der Waals surface area contributed by atoms with Gasteiger partial charge >= 0.3 is 5.97 Å². The molecule has 32 heavy (non-hydrogen) atoms. The number of carbonyl (C=O) groups excluding carboxylic acids is 2. The van der Waals surface area contributed by atoms with Crippen LogP contribution in [0.3, 0.4) is 0 Å². The first kappa shape index (κ1) is 24.2. The van der Waals surface area contributed by atoms with Gasteiger partial charge in [0.05, 0.1) is 6.10 Å². The highest BCUT2D eigenvalue weighted by atomic mass is 16.5. The molecular weight excluding hydrogens is 400 g/mol. The van der Waals surface area contributed by atoms with Gasteiger partial charge in [-0.15, -0.1) is 0 Å². The largest absolute Gasteiger partial charge is 0.462 e. The SMILES string of the molecule is CC[C@@]1(C)CCC[C@]2(C)[C@H]3C[C@H](OC(C)=O)[C@]4(C)C[C@H](C(C)=O)[C@@H](O)C[C@H]4[C@]3(C)CC[C@@H]12. The number of hydrogen-bond acceptors (Lipinski definition) is 4. The molecule has 0 aliphatic heterocycles. The highest BCUT2D eigenvalue weighted by Crippen LogP contribution is 2.73. The number of rotatable bonds is 3. The summed E-state index contributed by atoms with van der Waals surface area (Å²) >= 11 is 0. The molecule has 4 nitrogen and oxygen atoms in total. The smallest absolute Gasteiger partial charge is 0.302 e. The molecule has 10 atom stereocenters. The summed E-state index contributed by atoms with van der Waals surface area (Å²) in [6.45, 7) is 15.3. The second-order valence-corrected chi connectivity index (χ2v) is 13.1. The van der Waals surface area contributed by atoms with Crippen molar-refractivity contribution in [3.8, 4) is 0 Å². The highest BCUT2D eigenvalue weighted by Gasteiger charge is 2.68. The molecule has 0 spiro atoms. The number of aliphatic hydroxyl groups excluding tert-OH is 1. The van der Waals surface area contributed by atoms with Crippen molar-refractivity contribution in [1.82, 2.24) is 0 Å². The van der Waals surface area contributed by atoms with Crippen LogP contribution in [0, 0.1) is 45.3 Å². The molecule has 0 unspecified atom stereocenters. The van der Waals surface area contributed by atoms with Gasteiger partial charge in [0.15, 0.2) is 0 Å². The normalized spacial score (nSPS) is 52.9. The van der Waals surface area contributed by atoms with Gasteiger partial charge in [-0.1, -0.05) is 47.5 Å². The molecule has 4 rings (SSSR count). The Morgan fingerprint density at radius 1 is 0.906 bits per heavy atom. The maximum atomic E-state index is 12.4. The first-order valence-electron chi connectivity index (χ1n) is 13.2. The number of aliphatic hydroxyl groups is 1. The number of ketones is 1. The van der Waals surface area contributed by atoms with Crippen molar-refractivity contribution in [2.45, 2.75) is 118 Å². The summed E-state index contributed by atoms with van der Waals surface area (Å²) in [7, 11) is 0. The maximum Gasteiger partial charge on any atom is 0.302 e. The van der Waals surface area contributed by atoms with Gasteiger partial charge in [0, 0.05) is 18.3 Å². The minimum absolute atomic E-state index is 0.0627. The van der Waals surface area contributed by atoms with E-state index >= 15 is 0 Å². The fraction of sp³-hybridized carbons (Fsp3) is 0.929. The molecule has 4 fully saturated rings. The zero-order valence-electron chi connectivity index (χ0n) is 21.5. The van der Waals surface area contributed by atoms with Gasteiger partial charge in [0.25, 0.3) is 0 Å². The van der Waals surface area contributed by atoms with Crippen LogP contribution < -0.4 is 0 Å². The second-order valence-electron chi connectivity index (χ2n) is 13.1. The topological polar surface area (TPSA) is 63.6 Å². The Labute approximate surface area is 195 Å². The third kappa shape index (κ3) is 3.33. The van der Waals surface area contributed by atoms with E-state index in [9.17, 15) is 14.7 Å². The maximum absolute atomic E-state index is 12.4. The molecule has 0 bridgehead atoms. The molecule has 4 aliphatic carbocycles. The molecular formula is C28H46O4. The van der Waals surface area contributed by atoms with Gasteiger partial charge in [-0.2, -0.15) is 0 Å². The summed E-state index contributed by atoms with van der Waals surface area (Å²) in [5.74, 6) is 0.933. The van der Waals surface area contributed by atoms with E-state index in [1.807, 2.05) is 0 Å². The summed E-state index contributed by atoms with van der Waals surface area (Å²) in [6, 6.07) is 0. The number of carbonyl (C=O) groups is 2. The van der Waals surface area contributed by atoms with Crippen LogP contribution in [0.15, 0.2) is 0 Å². The van der Waals surface area contributed by atoms with Crippen molar-refractivity contribution < 1.29 is 19.4 Å². The van der Waals surface area contributed by atoms with Crippen molar-refractivity contribution in [3.05, 3.63) is 0 Å². The Balaban J connectivity index is 1.79. The molecule has 4 aliphatic rings. The fourth-order valence-electron chi connectivity index (χ4n) is 9.96. The fourth-order valence-corrected chi connectivity index (χ4v) is 9.96. The minimum atomic E-state index is -0.586. The lowest BCUT2D eigenvalue weighted by molar-refractivity contribution is -0.251. The van der Waals surface area contributed by atoms with Gasteiger partial charge in [0.1, 0.15) is 11.9 Å². The molecule has 0 amide bonds. The van der Waals surface area contributed by atoms with Gasteiger partial charge in [0.2, 0.25) is 0 Å². The third-order valence-electron chi connectivity index (χ3n) is 11.7. The molecule has 0 aromatic carbocycles. The lowest BCUT2D eigenvalue weighted by Gasteiger charge is -2.71. The van der Waals surface area contributed by atoms with Crippen molar-refractivity contribution >= 4 is 11.8 Å². The summed E-state index contributed by atoms with van der Waals surface area (Å²) in [6.07, 6.45) is 8.92. The molecule has 182 valence electrons. The van der Waals surface area contributed by atoms with Crippen LogP contribution in [0.5, 0.6) is 0 Å². The van der Waals surface area contributed by atoms with Crippen LogP contribution >= 0.6 is 0 Å². The van der Waals surface area contributed by atoms with Gasteiger partial charge in [-0.3, -0.25) is 9.59 Å². The lowest BCUT2D eigenvalue weighted by Crippen LogP contribution is -2.67. The van der Waals surface area contributed by atoms with Crippen LogP contribution in [-0.4, -0.2) is 29.1 Å². The zero-order chi connectivity index (χ0) is 23.7. The van der Waals surface area contributed by atoms with E-state index in [1.54, 1.807) is 6.92 Å².